The maximum absolute atomic E-state index is 12.6. The van der Waals surface area contributed by atoms with Gasteiger partial charge >= 0.3 is 0 Å². The Labute approximate surface area is 150 Å². The van der Waals surface area contributed by atoms with Gasteiger partial charge in [-0.2, -0.15) is 0 Å². The second kappa shape index (κ2) is 9.53. The van der Waals surface area contributed by atoms with E-state index >= 15 is 0 Å². The number of methoxy groups -OCH3 is 1. The van der Waals surface area contributed by atoms with Crippen molar-refractivity contribution < 1.29 is 14.3 Å². The predicted molar refractivity (Wildman–Crippen MR) is 98.3 cm³/mol. The molecule has 1 saturated heterocycles. The van der Waals surface area contributed by atoms with Crippen LogP contribution in [0.15, 0.2) is 30.3 Å². The van der Waals surface area contributed by atoms with E-state index in [2.05, 4.69) is 10.2 Å². The maximum atomic E-state index is 12.6. The number of rotatable bonds is 7. The highest BCUT2D eigenvalue weighted by Crippen LogP contribution is 2.21. The summed E-state index contributed by atoms with van der Waals surface area (Å²) in [6.07, 6.45) is 1.80. The van der Waals surface area contributed by atoms with Crippen molar-refractivity contribution in [3.63, 3.8) is 0 Å². The smallest absolute Gasteiger partial charge is 0.241 e. The van der Waals surface area contributed by atoms with E-state index in [1.807, 2.05) is 44.3 Å². The largest absolute Gasteiger partial charge is 0.383 e. The van der Waals surface area contributed by atoms with Crippen LogP contribution in [0.1, 0.15) is 19.8 Å². The van der Waals surface area contributed by atoms with Crippen molar-refractivity contribution in [3.8, 4) is 0 Å². The summed E-state index contributed by atoms with van der Waals surface area (Å²) in [5, 5.41) is 2.94. The van der Waals surface area contributed by atoms with Crippen LogP contribution >= 0.6 is 0 Å². The molecule has 1 heterocycles. The summed E-state index contributed by atoms with van der Waals surface area (Å²) in [6.45, 7) is 4.50. The molecule has 6 heteroatoms. The molecule has 1 aliphatic rings. The van der Waals surface area contributed by atoms with E-state index < -0.39 is 0 Å². The summed E-state index contributed by atoms with van der Waals surface area (Å²) in [6, 6.07) is 9.19. The number of nitrogens with zero attached hydrogens (tertiary/aromatic N) is 2. The van der Waals surface area contributed by atoms with Gasteiger partial charge in [0.1, 0.15) is 0 Å². The van der Waals surface area contributed by atoms with Crippen molar-refractivity contribution in [2.45, 2.75) is 25.8 Å². The summed E-state index contributed by atoms with van der Waals surface area (Å²) < 4.78 is 5.04. The zero-order chi connectivity index (χ0) is 18.2. The Morgan fingerprint density at radius 3 is 2.76 bits per heavy atom. The Morgan fingerprint density at radius 2 is 2.08 bits per heavy atom. The number of carbonyl (C=O) groups excluding carboxylic acids is 2. The number of para-hydroxylation sites is 1. The van der Waals surface area contributed by atoms with Crippen LogP contribution in [0.2, 0.25) is 0 Å². The van der Waals surface area contributed by atoms with Gasteiger partial charge in [-0.05, 0) is 38.4 Å². The number of likely N-dealkylation sites (tertiary alicyclic amines) is 1. The number of benzene rings is 1. The molecule has 1 fully saturated rings. The van der Waals surface area contributed by atoms with Crippen molar-refractivity contribution in [1.82, 2.24) is 9.80 Å². The Bertz CT molecular complexity index is 564. The van der Waals surface area contributed by atoms with Crippen LogP contribution in [-0.2, 0) is 14.3 Å². The molecular formula is C19H29N3O3. The summed E-state index contributed by atoms with van der Waals surface area (Å²) in [7, 11) is 3.44. The number of anilines is 1. The van der Waals surface area contributed by atoms with Gasteiger partial charge < -0.3 is 15.0 Å². The molecule has 0 unspecified atom stereocenters. The number of hydrogen-bond donors (Lipinski definition) is 1. The Morgan fingerprint density at radius 1 is 1.36 bits per heavy atom. The monoisotopic (exact) mass is 347 g/mol. The second-order valence-electron chi connectivity index (χ2n) is 6.62. The van der Waals surface area contributed by atoms with Crippen molar-refractivity contribution in [3.05, 3.63) is 30.3 Å². The van der Waals surface area contributed by atoms with E-state index in [1.165, 1.54) is 0 Å². The molecule has 0 saturated carbocycles. The van der Waals surface area contributed by atoms with Crippen LogP contribution < -0.4 is 5.32 Å². The first-order chi connectivity index (χ1) is 12.0. The zero-order valence-corrected chi connectivity index (χ0v) is 15.4. The molecule has 2 atom stereocenters. The first-order valence-electron chi connectivity index (χ1n) is 8.86. The van der Waals surface area contributed by atoms with E-state index in [4.69, 9.17) is 4.74 Å². The molecule has 0 bridgehead atoms. The molecular weight excluding hydrogens is 318 g/mol. The topological polar surface area (TPSA) is 61.9 Å². The lowest BCUT2D eigenvalue weighted by Gasteiger charge is -2.36. The lowest BCUT2D eigenvalue weighted by molar-refractivity contribution is -0.137. The SMILES string of the molecule is COCCN(C)C(=O)[C@@H]1CCCN([C@H](C)C(=O)Nc2ccccc2)C1. The molecule has 2 rings (SSSR count). The number of likely N-dealkylation sites (N-methyl/N-ethyl adjacent to an activating group) is 1. The lowest BCUT2D eigenvalue weighted by atomic mass is 9.95. The average molecular weight is 347 g/mol. The van der Waals surface area contributed by atoms with Gasteiger partial charge in [0.25, 0.3) is 0 Å². The number of nitrogens with one attached hydrogen (secondary N) is 1. The van der Waals surface area contributed by atoms with E-state index in [1.54, 1.807) is 12.0 Å². The highest BCUT2D eigenvalue weighted by molar-refractivity contribution is 5.94. The highest BCUT2D eigenvalue weighted by atomic mass is 16.5. The number of amides is 2. The fraction of sp³-hybridized carbons (Fsp3) is 0.579. The zero-order valence-electron chi connectivity index (χ0n) is 15.4. The Kier molecular flexibility index (Phi) is 7.40. The number of hydrogen-bond acceptors (Lipinski definition) is 4. The summed E-state index contributed by atoms with van der Waals surface area (Å²) in [5.74, 6) is 0.0482. The Hall–Kier alpha value is -1.92. The molecule has 0 aromatic heterocycles. The van der Waals surface area contributed by atoms with Gasteiger partial charge in [0.15, 0.2) is 0 Å². The minimum absolute atomic E-state index is 0.0352. The van der Waals surface area contributed by atoms with E-state index in [0.29, 0.717) is 19.7 Å². The highest BCUT2D eigenvalue weighted by Gasteiger charge is 2.32. The summed E-state index contributed by atoms with van der Waals surface area (Å²) in [5.41, 5.74) is 0.795. The minimum Gasteiger partial charge on any atom is -0.383 e. The van der Waals surface area contributed by atoms with E-state index in [0.717, 1.165) is 25.1 Å². The number of carbonyl (C=O) groups is 2. The molecule has 0 spiro atoms. The van der Waals surface area contributed by atoms with Gasteiger partial charge in [-0.15, -0.1) is 0 Å². The molecule has 1 aromatic carbocycles. The Balaban J connectivity index is 1.90. The first-order valence-corrected chi connectivity index (χ1v) is 8.86. The number of ether oxygens (including phenoxy) is 1. The third kappa shape index (κ3) is 5.54. The second-order valence-corrected chi connectivity index (χ2v) is 6.62. The molecule has 25 heavy (non-hydrogen) atoms. The summed E-state index contributed by atoms with van der Waals surface area (Å²) in [4.78, 5) is 28.9. The molecule has 2 amide bonds. The van der Waals surface area contributed by atoms with Crippen molar-refractivity contribution in [2.24, 2.45) is 5.92 Å². The van der Waals surface area contributed by atoms with Crippen LogP contribution in [0, 0.1) is 5.92 Å². The standard InChI is InChI=1S/C19H29N3O3/c1-15(18(23)20-17-9-5-4-6-10-17)22-11-7-8-16(14-22)19(24)21(2)12-13-25-3/h4-6,9-10,15-16H,7-8,11-14H2,1-3H3,(H,20,23)/t15-,16-/m1/s1. The predicted octanol–water partition coefficient (Wildman–Crippen LogP) is 1.83. The molecule has 138 valence electrons. The first kappa shape index (κ1) is 19.4. The van der Waals surface area contributed by atoms with Crippen LogP contribution in [0.3, 0.4) is 0 Å². The van der Waals surface area contributed by atoms with Gasteiger partial charge in [-0.25, -0.2) is 0 Å². The molecule has 1 aliphatic heterocycles. The van der Waals surface area contributed by atoms with Gasteiger partial charge in [-0.1, -0.05) is 18.2 Å². The van der Waals surface area contributed by atoms with Crippen LogP contribution in [-0.4, -0.2) is 68.1 Å². The van der Waals surface area contributed by atoms with Crippen LogP contribution in [0.4, 0.5) is 5.69 Å². The molecule has 1 N–H and O–H groups in total. The molecule has 0 aliphatic carbocycles. The fourth-order valence-corrected chi connectivity index (χ4v) is 3.14. The third-order valence-electron chi connectivity index (χ3n) is 4.78. The van der Waals surface area contributed by atoms with Gasteiger partial charge in [0.2, 0.25) is 11.8 Å². The van der Waals surface area contributed by atoms with Crippen LogP contribution in [0.25, 0.3) is 0 Å². The molecule has 1 aromatic rings. The molecule has 6 nitrogen and oxygen atoms in total. The molecule has 0 radical (unpaired) electrons. The van der Waals surface area contributed by atoms with Crippen molar-refractivity contribution in [1.29, 1.82) is 0 Å². The number of piperidine rings is 1. The van der Waals surface area contributed by atoms with E-state index in [9.17, 15) is 9.59 Å². The van der Waals surface area contributed by atoms with E-state index in [-0.39, 0.29) is 23.8 Å². The minimum atomic E-state index is -0.264. The summed E-state index contributed by atoms with van der Waals surface area (Å²) >= 11 is 0. The van der Waals surface area contributed by atoms with Gasteiger partial charge in [0.05, 0.1) is 18.6 Å². The van der Waals surface area contributed by atoms with Gasteiger partial charge in [0, 0.05) is 32.9 Å². The quantitative estimate of drug-likeness (QED) is 0.817. The lowest BCUT2D eigenvalue weighted by Crippen LogP contribution is -2.50. The maximum Gasteiger partial charge on any atom is 0.241 e. The normalized spacial score (nSPS) is 19.2. The third-order valence-corrected chi connectivity index (χ3v) is 4.78. The van der Waals surface area contributed by atoms with Gasteiger partial charge in [-0.3, -0.25) is 14.5 Å². The van der Waals surface area contributed by atoms with Crippen LogP contribution in [0.5, 0.6) is 0 Å². The van der Waals surface area contributed by atoms with Crippen molar-refractivity contribution >= 4 is 17.5 Å². The fourth-order valence-electron chi connectivity index (χ4n) is 3.14. The average Bonchev–Trinajstić information content (AvgIpc) is 2.65. The van der Waals surface area contributed by atoms with Crippen molar-refractivity contribution in [2.75, 3.05) is 45.7 Å².